The molecule has 0 N–H and O–H groups in total. The van der Waals surface area contributed by atoms with Gasteiger partial charge in [-0.1, -0.05) is 86.0 Å². The van der Waals surface area contributed by atoms with E-state index in [-0.39, 0.29) is 41.3 Å². The van der Waals surface area contributed by atoms with Gasteiger partial charge in [-0.2, -0.15) is 0 Å². The fraction of sp³-hybridized carbons (Fsp3) is 0.533. The molecular weight excluding hydrogens is 649 g/mol. The van der Waals surface area contributed by atoms with Crippen LogP contribution in [0.25, 0.3) is 0 Å². The second-order valence-electron chi connectivity index (χ2n) is 15.8. The van der Waals surface area contributed by atoms with Crippen LogP contribution in [-0.4, -0.2) is 65.3 Å². The number of rotatable bonds is 17. The smallest absolute Gasteiger partial charge is 0.308 e. The Balaban J connectivity index is 1.10. The van der Waals surface area contributed by atoms with Crippen LogP contribution in [0.5, 0.6) is 11.5 Å². The van der Waals surface area contributed by atoms with E-state index in [4.69, 9.17) is 9.47 Å². The first-order valence-electron chi connectivity index (χ1n) is 20.0. The van der Waals surface area contributed by atoms with Crippen molar-refractivity contribution in [3.8, 4) is 11.5 Å². The number of piperidine rings is 1. The maximum Gasteiger partial charge on any atom is 0.308 e. The van der Waals surface area contributed by atoms with Gasteiger partial charge in [-0.15, -0.1) is 0 Å². The maximum atomic E-state index is 14.4. The number of carbonyl (C=O) groups excluding carboxylic acids is 3. The number of benzene rings is 3. The predicted octanol–water partition coefficient (Wildman–Crippen LogP) is 8.04. The summed E-state index contributed by atoms with van der Waals surface area (Å²) < 4.78 is 12.9. The molecule has 0 unspecified atom stereocenters. The van der Waals surface area contributed by atoms with Crippen LogP contribution in [0.3, 0.4) is 0 Å². The van der Waals surface area contributed by atoms with Crippen molar-refractivity contribution in [3.63, 3.8) is 0 Å². The maximum absolute atomic E-state index is 14.4. The second-order valence-corrected chi connectivity index (χ2v) is 15.8. The minimum absolute atomic E-state index is 0.0603. The third-order valence-electron chi connectivity index (χ3n) is 12.4. The number of ether oxygens (including phenoxy) is 2. The molecular formula is C45H56N2O5. The quantitative estimate of drug-likeness (QED) is 0.0805. The Morgan fingerprint density at radius 3 is 2.19 bits per heavy atom. The highest BCUT2D eigenvalue weighted by Gasteiger charge is 2.66. The van der Waals surface area contributed by atoms with Gasteiger partial charge >= 0.3 is 5.97 Å². The topological polar surface area (TPSA) is 76.2 Å². The lowest BCUT2D eigenvalue weighted by Gasteiger charge is -2.60. The van der Waals surface area contributed by atoms with Crippen molar-refractivity contribution in [1.29, 1.82) is 0 Å². The normalized spacial score (nSPS) is 24.1. The van der Waals surface area contributed by atoms with E-state index in [1.807, 2.05) is 6.07 Å². The molecule has 276 valence electrons. The molecule has 2 aliphatic heterocycles. The number of Topliss-reactive ketones (excluding diaryl/α,β-unsaturated/α-hetero) is 1. The summed E-state index contributed by atoms with van der Waals surface area (Å²) >= 11 is 0. The molecule has 2 fully saturated rings. The van der Waals surface area contributed by atoms with Crippen LogP contribution in [0.15, 0.2) is 72.8 Å². The molecule has 2 bridgehead atoms. The van der Waals surface area contributed by atoms with Gasteiger partial charge in [0.25, 0.3) is 0 Å². The molecule has 7 nitrogen and oxygen atoms in total. The Morgan fingerprint density at radius 2 is 1.50 bits per heavy atom. The third kappa shape index (κ3) is 7.57. The fourth-order valence-corrected chi connectivity index (χ4v) is 10.3. The number of amides is 1. The van der Waals surface area contributed by atoms with Crippen LogP contribution in [0.1, 0.15) is 107 Å². The molecule has 5 atom stereocenters. The van der Waals surface area contributed by atoms with Crippen molar-refractivity contribution < 1.29 is 23.9 Å². The van der Waals surface area contributed by atoms with Gasteiger partial charge in [0.05, 0.1) is 12.6 Å². The van der Waals surface area contributed by atoms with E-state index in [9.17, 15) is 14.4 Å². The van der Waals surface area contributed by atoms with Crippen LogP contribution in [0.2, 0.25) is 0 Å². The number of ketones is 1. The number of unbranched alkanes of at least 4 members (excludes halogenated alkanes) is 5. The number of carbonyl (C=O) groups is 3. The summed E-state index contributed by atoms with van der Waals surface area (Å²) in [6.07, 6.45) is 13.5. The monoisotopic (exact) mass is 704 g/mol. The Kier molecular flexibility index (Phi) is 11.5. The molecule has 0 radical (unpaired) electrons. The summed E-state index contributed by atoms with van der Waals surface area (Å²) in [5.74, 6) is 1.59. The number of esters is 1. The minimum Gasteiger partial charge on any atom is -0.483 e. The van der Waals surface area contributed by atoms with Crippen molar-refractivity contribution in [3.05, 3.63) is 95.1 Å². The van der Waals surface area contributed by atoms with E-state index >= 15 is 0 Å². The Morgan fingerprint density at radius 1 is 0.827 bits per heavy atom. The van der Waals surface area contributed by atoms with Gasteiger partial charge in [0.1, 0.15) is 11.9 Å². The first-order valence-corrected chi connectivity index (χ1v) is 20.0. The first-order chi connectivity index (χ1) is 25.3. The number of hydrogen-bond donors (Lipinski definition) is 0. The molecule has 2 aliphatic carbocycles. The van der Waals surface area contributed by atoms with Crippen LogP contribution in [-0.2, 0) is 39.1 Å². The zero-order chi connectivity index (χ0) is 36.1. The highest BCUT2D eigenvalue weighted by Crippen LogP contribution is 2.64. The summed E-state index contributed by atoms with van der Waals surface area (Å²) in [5, 5.41) is 0. The van der Waals surface area contributed by atoms with E-state index in [2.05, 4.69) is 76.5 Å². The predicted molar refractivity (Wildman–Crippen MR) is 204 cm³/mol. The first kappa shape index (κ1) is 36.4. The molecule has 3 aromatic carbocycles. The Hall–Kier alpha value is -3.97. The summed E-state index contributed by atoms with van der Waals surface area (Å²) in [6, 6.07) is 25.5. The van der Waals surface area contributed by atoms with Gasteiger partial charge in [-0.05, 0) is 106 Å². The number of likely N-dealkylation sites (tertiary alicyclic amines) is 1. The SMILES string of the molecule is CC(=O)CN1CC[C@]23c4c5ccc(OC(C)=O)c4O[C@H]2[C@@H](N(CCCCc2ccccc2)C(=O)CCCCCCCc2ccccc2)CC[C@H]3[C@H]1C5. The van der Waals surface area contributed by atoms with Gasteiger partial charge < -0.3 is 14.4 Å². The minimum atomic E-state index is -0.361. The molecule has 1 saturated heterocycles. The molecule has 2 heterocycles. The third-order valence-corrected chi connectivity index (χ3v) is 12.4. The molecule has 1 saturated carbocycles. The fourth-order valence-electron chi connectivity index (χ4n) is 10.3. The van der Waals surface area contributed by atoms with Crippen LogP contribution in [0.4, 0.5) is 0 Å². The van der Waals surface area contributed by atoms with E-state index in [1.165, 1.54) is 42.0 Å². The second kappa shape index (κ2) is 16.4. The van der Waals surface area contributed by atoms with Gasteiger partial charge in [0.2, 0.25) is 5.91 Å². The highest BCUT2D eigenvalue weighted by molar-refractivity contribution is 5.78. The molecule has 1 amide bonds. The van der Waals surface area contributed by atoms with Crippen molar-refractivity contribution in [2.24, 2.45) is 5.92 Å². The van der Waals surface area contributed by atoms with Crippen LogP contribution in [0, 0.1) is 5.92 Å². The molecule has 0 aromatic heterocycles. The summed E-state index contributed by atoms with van der Waals surface area (Å²) in [5.41, 5.74) is 4.89. The average Bonchev–Trinajstić information content (AvgIpc) is 3.49. The van der Waals surface area contributed by atoms with Gasteiger partial charge in [0.15, 0.2) is 11.5 Å². The van der Waals surface area contributed by atoms with E-state index in [1.54, 1.807) is 6.92 Å². The Bertz CT molecular complexity index is 1710. The van der Waals surface area contributed by atoms with E-state index in [0.717, 1.165) is 77.2 Å². The molecule has 4 aliphatic rings. The molecule has 7 heteroatoms. The van der Waals surface area contributed by atoms with Crippen molar-refractivity contribution in [2.45, 2.75) is 127 Å². The van der Waals surface area contributed by atoms with Crippen molar-refractivity contribution >= 4 is 17.7 Å². The lowest BCUT2D eigenvalue weighted by Crippen LogP contribution is -2.69. The molecule has 3 aromatic rings. The molecule has 52 heavy (non-hydrogen) atoms. The Labute approximate surface area is 310 Å². The lowest BCUT2D eigenvalue weighted by atomic mass is 9.51. The molecule has 1 spiro atoms. The van der Waals surface area contributed by atoms with Gasteiger partial charge in [0, 0.05) is 36.9 Å². The van der Waals surface area contributed by atoms with E-state index < -0.39 is 0 Å². The standard InChI is InChI=1S/C45H56N2O5/c1-32(48)31-46-29-27-45-37-24-25-38(44(45)52-43-40(51-33(2)49)26-23-36(42(43)45)30-39(37)46)47(28-15-14-21-35-19-11-7-12-20-35)41(50)22-13-5-3-4-8-16-34-17-9-6-10-18-34/h6-7,9-12,17-20,23,26,37-39,44H,3-5,8,13-16,21-22,24-25,27-31H2,1-2H3/t37-,38-,39+,44-,45-/m0/s1. The number of aryl methyl sites for hydroxylation is 2. The van der Waals surface area contributed by atoms with E-state index in [0.29, 0.717) is 36.9 Å². The molecule has 7 rings (SSSR count). The number of nitrogens with zero attached hydrogens (tertiary/aromatic N) is 2. The van der Waals surface area contributed by atoms with Crippen LogP contribution >= 0.6 is 0 Å². The van der Waals surface area contributed by atoms with Gasteiger partial charge in [-0.3, -0.25) is 19.3 Å². The van der Waals surface area contributed by atoms with Crippen molar-refractivity contribution in [1.82, 2.24) is 9.80 Å². The summed E-state index contributed by atoms with van der Waals surface area (Å²) in [6.45, 7) is 5.13. The summed E-state index contributed by atoms with van der Waals surface area (Å²) in [7, 11) is 0. The summed E-state index contributed by atoms with van der Waals surface area (Å²) in [4.78, 5) is 43.7. The lowest BCUT2D eigenvalue weighted by molar-refractivity contribution is -0.143. The van der Waals surface area contributed by atoms with Crippen LogP contribution < -0.4 is 9.47 Å². The highest BCUT2D eigenvalue weighted by atomic mass is 16.6. The van der Waals surface area contributed by atoms with Gasteiger partial charge in [-0.25, -0.2) is 0 Å². The average molecular weight is 705 g/mol. The van der Waals surface area contributed by atoms with Crippen molar-refractivity contribution in [2.75, 3.05) is 19.6 Å². The number of hydrogen-bond acceptors (Lipinski definition) is 6. The largest absolute Gasteiger partial charge is 0.483 e. The zero-order valence-corrected chi connectivity index (χ0v) is 31.2. The zero-order valence-electron chi connectivity index (χ0n) is 31.2.